The molecule has 1 unspecified atom stereocenters. The number of ether oxygens (including phenoxy) is 1. The van der Waals surface area contributed by atoms with Gasteiger partial charge >= 0.3 is 7.12 Å². The van der Waals surface area contributed by atoms with E-state index >= 15 is 0 Å². The Bertz CT molecular complexity index is 553. The molecule has 1 aromatic rings. The van der Waals surface area contributed by atoms with Crippen LogP contribution in [0.1, 0.15) is 37.2 Å². The monoisotopic (exact) mass is 323 g/mol. The highest BCUT2D eigenvalue weighted by molar-refractivity contribution is 6.46. The lowest BCUT2D eigenvalue weighted by Crippen LogP contribution is -2.53. The third kappa shape index (κ3) is 4.45. The van der Waals surface area contributed by atoms with Gasteiger partial charge in [0.05, 0.1) is 12.0 Å². The fourth-order valence-corrected chi connectivity index (χ4v) is 2.51. The van der Waals surface area contributed by atoms with Gasteiger partial charge in [0.15, 0.2) is 6.29 Å². The summed E-state index contributed by atoms with van der Waals surface area (Å²) >= 11 is 0. The Kier molecular flexibility index (Phi) is 6.00. The van der Waals surface area contributed by atoms with Gasteiger partial charge in [-0.2, -0.15) is 0 Å². The largest absolute Gasteiger partial charge is 0.547 e. The van der Waals surface area contributed by atoms with Crippen molar-refractivity contribution in [3.8, 4) is 5.75 Å². The van der Waals surface area contributed by atoms with Crippen LogP contribution >= 0.6 is 0 Å². The predicted molar refractivity (Wildman–Crippen MR) is 83.6 cm³/mol. The van der Waals surface area contributed by atoms with Gasteiger partial charge in [-0.25, -0.2) is 0 Å². The molecule has 1 aliphatic rings. The number of carbonyl (C=O) groups is 1. The average Bonchev–Trinajstić information content (AvgIpc) is 2.52. The number of aliphatic hydroxyl groups is 2. The zero-order valence-electron chi connectivity index (χ0n) is 13.2. The molecule has 0 saturated heterocycles. The number of para-hydroxylation sites is 1. The Hall–Kier alpha value is -1.61. The molecule has 1 heterocycles. The molecule has 126 valence electrons. The van der Waals surface area contributed by atoms with Crippen LogP contribution in [0, 0.1) is 0 Å². The van der Waals surface area contributed by atoms with Gasteiger partial charge in [-0.1, -0.05) is 18.2 Å². The topological polar surface area (TPSA) is 108 Å². The fourth-order valence-electron chi connectivity index (χ4n) is 2.51. The average molecular weight is 323 g/mol. The Morgan fingerprint density at radius 2 is 2.26 bits per heavy atom. The Labute approximate surface area is 135 Å². The Morgan fingerprint density at radius 1 is 1.52 bits per heavy atom. The van der Waals surface area contributed by atoms with E-state index in [0.717, 1.165) is 0 Å². The van der Waals surface area contributed by atoms with Crippen molar-refractivity contribution in [3.05, 3.63) is 29.3 Å². The number of hydrogen-bond acceptors (Lipinski definition) is 6. The van der Waals surface area contributed by atoms with E-state index in [1.54, 1.807) is 19.2 Å². The minimum absolute atomic E-state index is 0.0115. The number of amides is 1. The molecule has 0 saturated carbocycles. The molecule has 0 fully saturated rings. The maximum Gasteiger partial charge on any atom is 0.547 e. The fraction of sp³-hybridized carbons (Fsp3) is 0.533. The number of benzene rings is 1. The van der Waals surface area contributed by atoms with Crippen molar-refractivity contribution in [2.45, 2.75) is 44.5 Å². The van der Waals surface area contributed by atoms with Gasteiger partial charge in [-0.3, -0.25) is 4.79 Å². The van der Waals surface area contributed by atoms with Gasteiger partial charge in [0.2, 0.25) is 5.91 Å². The standard InChI is InChI=1S/C15H22BNO6/c1-9(22-2)6-7-13(18)17-12-8-10-4-3-5-11(15(19)20)14(10)23-16(12)21/h3-5,9,12,15,19-21H,6-8H2,1-2H3,(H,17,18)/t9?,12-/m0/s1. The lowest BCUT2D eigenvalue weighted by Gasteiger charge is -2.29. The summed E-state index contributed by atoms with van der Waals surface area (Å²) in [5, 5.41) is 31.5. The van der Waals surface area contributed by atoms with E-state index in [4.69, 9.17) is 9.39 Å². The zero-order valence-corrected chi connectivity index (χ0v) is 13.2. The molecule has 23 heavy (non-hydrogen) atoms. The van der Waals surface area contributed by atoms with Gasteiger partial charge in [-0.05, 0) is 25.3 Å². The van der Waals surface area contributed by atoms with E-state index in [9.17, 15) is 20.0 Å². The number of nitrogens with one attached hydrogen (secondary N) is 1. The molecule has 2 atom stereocenters. The SMILES string of the molecule is COC(C)CCC(=O)N[C@H]1Cc2cccc(C(O)O)c2OB1O. The molecule has 0 aliphatic carbocycles. The van der Waals surface area contributed by atoms with E-state index in [2.05, 4.69) is 5.32 Å². The number of rotatable bonds is 6. The molecular formula is C15H22BNO6. The summed E-state index contributed by atoms with van der Waals surface area (Å²) < 4.78 is 10.5. The van der Waals surface area contributed by atoms with Crippen molar-refractivity contribution >= 4 is 13.0 Å². The van der Waals surface area contributed by atoms with Crippen LogP contribution in [0.4, 0.5) is 0 Å². The highest BCUT2D eigenvalue weighted by atomic mass is 16.5. The first-order valence-electron chi connectivity index (χ1n) is 7.57. The molecule has 1 amide bonds. The van der Waals surface area contributed by atoms with Crippen molar-refractivity contribution in [1.29, 1.82) is 0 Å². The van der Waals surface area contributed by atoms with Crippen LogP contribution in [0.25, 0.3) is 0 Å². The summed E-state index contributed by atoms with van der Waals surface area (Å²) in [6.45, 7) is 1.88. The molecule has 1 aromatic carbocycles. The summed E-state index contributed by atoms with van der Waals surface area (Å²) in [5.41, 5.74) is 0.900. The molecule has 7 nitrogen and oxygen atoms in total. The molecule has 4 N–H and O–H groups in total. The molecule has 2 rings (SSSR count). The van der Waals surface area contributed by atoms with Crippen LogP contribution in [0.5, 0.6) is 5.75 Å². The summed E-state index contributed by atoms with van der Waals surface area (Å²) in [4.78, 5) is 12.0. The molecule has 0 radical (unpaired) electrons. The lowest BCUT2D eigenvalue weighted by atomic mass is 9.72. The first kappa shape index (κ1) is 17.7. The highest BCUT2D eigenvalue weighted by Crippen LogP contribution is 2.32. The minimum atomic E-state index is -1.68. The van der Waals surface area contributed by atoms with Gasteiger partial charge in [0, 0.05) is 19.1 Å². The van der Waals surface area contributed by atoms with Crippen molar-refractivity contribution in [2.24, 2.45) is 0 Å². The number of fused-ring (bicyclic) bond motifs is 1. The van der Waals surface area contributed by atoms with Crippen molar-refractivity contribution in [1.82, 2.24) is 5.32 Å². The third-order valence-electron chi connectivity index (χ3n) is 3.95. The van der Waals surface area contributed by atoms with Gasteiger partial charge in [-0.15, -0.1) is 0 Å². The minimum Gasteiger partial charge on any atom is -0.534 e. The van der Waals surface area contributed by atoms with Gasteiger partial charge < -0.3 is 29.9 Å². The molecule has 0 aromatic heterocycles. The molecule has 1 aliphatic heterocycles. The molecule has 8 heteroatoms. The molecular weight excluding hydrogens is 301 g/mol. The van der Waals surface area contributed by atoms with E-state index in [0.29, 0.717) is 24.8 Å². The van der Waals surface area contributed by atoms with E-state index in [1.807, 2.05) is 6.92 Å². The predicted octanol–water partition coefficient (Wildman–Crippen LogP) is -0.0757. The Balaban J connectivity index is 2.01. The first-order valence-corrected chi connectivity index (χ1v) is 7.57. The number of methoxy groups -OCH3 is 1. The Morgan fingerprint density at radius 3 is 2.91 bits per heavy atom. The van der Waals surface area contributed by atoms with Gasteiger partial charge in [0.25, 0.3) is 0 Å². The smallest absolute Gasteiger partial charge is 0.534 e. The number of carbonyl (C=O) groups excluding carboxylic acids is 1. The van der Waals surface area contributed by atoms with Crippen LogP contribution < -0.4 is 9.97 Å². The highest BCUT2D eigenvalue weighted by Gasteiger charge is 2.37. The van der Waals surface area contributed by atoms with Crippen LogP contribution in [0.15, 0.2) is 18.2 Å². The van der Waals surface area contributed by atoms with E-state index in [1.165, 1.54) is 6.07 Å². The molecule has 0 spiro atoms. The van der Waals surface area contributed by atoms with Crippen LogP contribution in [-0.4, -0.2) is 47.4 Å². The quantitative estimate of drug-likeness (QED) is 0.431. The normalized spacial score (nSPS) is 18.3. The van der Waals surface area contributed by atoms with Crippen LogP contribution in [0.2, 0.25) is 0 Å². The molecule has 0 bridgehead atoms. The van der Waals surface area contributed by atoms with Crippen molar-refractivity contribution < 1.29 is 29.4 Å². The van der Waals surface area contributed by atoms with E-state index < -0.39 is 19.3 Å². The summed E-state index contributed by atoms with van der Waals surface area (Å²) in [7, 11) is 0.344. The first-order chi connectivity index (χ1) is 10.9. The summed E-state index contributed by atoms with van der Waals surface area (Å²) in [6, 6.07) is 4.95. The van der Waals surface area contributed by atoms with E-state index in [-0.39, 0.29) is 23.3 Å². The van der Waals surface area contributed by atoms with Gasteiger partial charge in [0.1, 0.15) is 5.75 Å². The second-order valence-corrected chi connectivity index (χ2v) is 5.68. The number of hydrogen-bond donors (Lipinski definition) is 4. The second-order valence-electron chi connectivity index (χ2n) is 5.68. The van der Waals surface area contributed by atoms with Crippen molar-refractivity contribution in [2.75, 3.05) is 7.11 Å². The van der Waals surface area contributed by atoms with Crippen LogP contribution in [0.3, 0.4) is 0 Å². The zero-order chi connectivity index (χ0) is 17.0. The lowest BCUT2D eigenvalue weighted by molar-refractivity contribution is -0.122. The van der Waals surface area contributed by atoms with Crippen LogP contribution in [-0.2, 0) is 16.0 Å². The maximum atomic E-state index is 12.0. The summed E-state index contributed by atoms with van der Waals surface area (Å²) in [6.07, 6.45) is -0.464. The summed E-state index contributed by atoms with van der Waals surface area (Å²) in [5.74, 6) is -0.518. The second kappa shape index (κ2) is 7.78. The van der Waals surface area contributed by atoms with Crippen molar-refractivity contribution in [3.63, 3.8) is 0 Å². The number of aliphatic hydroxyl groups excluding tert-OH is 1. The third-order valence-corrected chi connectivity index (χ3v) is 3.95. The maximum absolute atomic E-state index is 12.0.